The summed E-state index contributed by atoms with van der Waals surface area (Å²) in [6, 6.07) is 3.64. The number of hydrogen-bond donors (Lipinski definition) is 2. The topological polar surface area (TPSA) is 76.4 Å². The monoisotopic (exact) mass is 222 g/mol. The molecular weight excluding hydrogens is 212 g/mol. The first kappa shape index (κ1) is 9.72. The van der Waals surface area contributed by atoms with E-state index in [1.54, 1.807) is 23.6 Å². The molecule has 0 aliphatic heterocycles. The summed E-state index contributed by atoms with van der Waals surface area (Å²) in [5.41, 5.74) is 6.22. The van der Waals surface area contributed by atoms with Gasteiger partial charge in [0.2, 0.25) is 0 Å². The highest BCUT2D eigenvalue weighted by Crippen LogP contribution is 2.09. The number of oxime groups is 1. The highest BCUT2D eigenvalue weighted by Gasteiger charge is 2.06. The maximum Gasteiger partial charge on any atom is 0.186 e. The molecule has 78 valence electrons. The van der Waals surface area contributed by atoms with Crippen molar-refractivity contribution in [2.45, 2.75) is 6.54 Å². The Morgan fingerprint density at radius 1 is 1.67 bits per heavy atom. The van der Waals surface area contributed by atoms with Crippen LogP contribution >= 0.6 is 11.3 Å². The SMILES string of the molecule is N/C(=N/O)c1cccn1Cc1nccs1. The fraction of sp³-hybridized carbons (Fsp3) is 0.111. The molecule has 0 amide bonds. The van der Waals surface area contributed by atoms with Gasteiger partial charge in [-0.25, -0.2) is 4.98 Å². The average molecular weight is 222 g/mol. The Bertz CT molecular complexity index is 460. The van der Waals surface area contributed by atoms with Crippen molar-refractivity contribution in [1.82, 2.24) is 9.55 Å². The van der Waals surface area contributed by atoms with Crippen molar-refractivity contribution in [2.75, 3.05) is 0 Å². The van der Waals surface area contributed by atoms with Gasteiger partial charge in [-0.15, -0.1) is 11.3 Å². The van der Waals surface area contributed by atoms with Gasteiger partial charge in [0.05, 0.1) is 12.2 Å². The van der Waals surface area contributed by atoms with E-state index in [1.165, 1.54) is 0 Å². The maximum absolute atomic E-state index is 8.59. The van der Waals surface area contributed by atoms with Gasteiger partial charge in [0.25, 0.3) is 0 Å². The molecule has 2 aromatic heterocycles. The van der Waals surface area contributed by atoms with Crippen molar-refractivity contribution in [1.29, 1.82) is 0 Å². The molecule has 0 aliphatic rings. The Morgan fingerprint density at radius 2 is 2.53 bits per heavy atom. The molecule has 0 spiro atoms. The van der Waals surface area contributed by atoms with Crippen molar-refractivity contribution in [3.05, 3.63) is 40.6 Å². The second kappa shape index (κ2) is 4.14. The zero-order valence-electron chi connectivity index (χ0n) is 7.87. The predicted octanol–water partition coefficient (Wildman–Crippen LogP) is 1.09. The van der Waals surface area contributed by atoms with Crippen LogP contribution in [0.2, 0.25) is 0 Å². The van der Waals surface area contributed by atoms with Crippen LogP contribution in [-0.2, 0) is 6.54 Å². The van der Waals surface area contributed by atoms with Crippen molar-refractivity contribution in [2.24, 2.45) is 10.9 Å². The van der Waals surface area contributed by atoms with Crippen LogP contribution in [0.1, 0.15) is 10.7 Å². The summed E-state index contributed by atoms with van der Waals surface area (Å²) in [6.07, 6.45) is 3.63. The molecule has 2 heterocycles. The maximum atomic E-state index is 8.59. The molecule has 0 aliphatic carbocycles. The molecule has 5 nitrogen and oxygen atoms in total. The molecule has 0 bridgehead atoms. The van der Waals surface area contributed by atoms with E-state index in [1.807, 2.05) is 22.2 Å². The molecule has 0 radical (unpaired) electrons. The zero-order valence-corrected chi connectivity index (χ0v) is 8.68. The molecule has 0 fully saturated rings. The van der Waals surface area contributed by atoms with Gasteiger partial charge < -0.3 is 15.5 Å². The zero-order chi connectivity index (χ0) is 10.7. The first-order valence-corrected chi connectivity index (χ1v) is 5.20. The van der Waals surface area contributed by atoms with Crippen molar-refractivity contribution in [3.8, 4) is 0 Å². The minimum absolute atomic E-state index is 0.108. The normalized spacial score (nSPS) is 11.9. The minimum Gasteiger partial charge on any atom is -0.409 e. The Morgan fingerprint density at radius 3 is 3.20 bits per heavy atom. The summed E-state index contributed by atoms with van der Waals surface area (Å²) in [6.45, 7) is 0.635. The van der Waals surface area contributed by atoms with Gasteiger partial charge in [0.1, 0.15) is 5.01 Å². The van der Waals surface area contributed by atoms with Gasteiger partial charge in [-0.3, -0.25) is 0 Å². The summed E-state index contributed by atoms with van der Waals surface area (Å²) in [7, 11) is 0. The van der Waals surface area contributed by atoms with Gasteiger partial charge in [-0.05, 0) is 12.1 Å². The Kier molecular flexibility index (Phi) is 2.68. The summed E-state index contributed by atoms with van der Waals surface area (Å²) in [5, 5.41) is 14.5. The molecule has 6 heteroatoms. The molecule has 15 heavy (non-hydrogen) atoms. The van der Waals surface area contributed by atoms with E-state index in [-0.39, 0.29) is 5.84 Å². The second-order valence-electron chi connectivity index (χ2n) is 2.93. The molecule has 2 aromatic rings. The first-order valence-electron chi connectivity index (χ1n) is 4.32. The van der Waals surface area contributed by atoms with E-state index >= 15 is 0 Å². The Labute approximate surface area is 90.5 Å². The molecule has 3 N–H and O–H groups in total. The second-order valence-corrected chi connectivity index (χ2v) is 3.91. The van der Waals surface area contributed by atoms with Gasteiger partial charge in [0.15, 0.2) is 5.84 Å². The molecule has 2 rings (SSSR count). The lowest BCUT2D eigenvalue weighted by atomic mass is 10.4. The molecule has 0 saturated carbocycles. The quantitative estimate of drug-likeness (QED) is 0.353. The summed E-state index contributed by atoms with van der Waals surface area (Å²) < 4.78 is 1.88. The highest BCUT2D eigenvalue weighted by atomic mass is 32.1. The van der Waals surface area contributed by atoms with Crippen LogP contribution in [-0.4, -0.2) is 20.6 Å². The largest absolute Gasteiger partial charge is 0.409 e. The number of nitrogens with two attached hydrogens (primary N) is 1. The van der Waals surface area contributed by atoms with E-state index in [0.29, 0.717) is 12.2 Å². The fourth-order valence-electron chi connectivity index (χ4n) is 1.31. The third-order valence-corrected chi connectivity index (χ3v) is 2.75. The van der Waals surface area contributed by atoms with Crippen molar-refractivity contribution >= 4 is 17.2 Å². The van der Waals surface area contributed by atoms with Crippen LogP contribution in [0.3, 0.4) is 0 Å². The van der Waals surface area contributed by atoms with E-state index in [9.17, 15) is 0 Å². The van der Waals surface area contributed by atoms with E-state index in [2.05, 4.69) is 10.1 Å². The van der Waals surface area contributed by atoms with E-state index in [4.69, 9.17) is 10.9 Å². The van der Waals surface area contributed by atoms with Crippen LogP contribution in [0.5, 0.6) is 0 Å². The van der Waals surface area contributed by atoms with Crippen molar-refractivity contribution in [3.63, 3.8) is 0 Å². The predicted molar refractivity (Wildman–Crippen MR) is 58.2 cm³/mol. The van der Waals surface area contributed by atoms with Gasteiger partial charge in [-0.2, -0.15) is 0 Å². The number of thiazole rings is 1. The van der Waals surface area contributed by atoms with Gasteiger partial charge >= 0.3 is 0 Å². The number of aromatic nitrogens is 2. The molecular formula is C9H10N4OS. The van der Waals surface area contributed by atoms with Gasteiger partial charge in [0, 0.05) is 17.8 Å². The third-order valence-electron chi connectivity index (χ3n) is 1.99. The number of nitrogens with zero attached hydrogens (tertiary/aromatic N) is 3. The highest BCUT2D eigenvalue weighted by molar-refractivity contribution is 7.09. The molecule has 0 saturated heterocycles. The van der Waals surface area contributed by atoms with Crippen LogP contribution < -0.4 is 5.73 Å². The number of hydrogen-bond acceptors (Lipinski definition) is 4. The molecule has 0 aromatic carbocycles. The lowest BCUT2D eigenvalue weighted by Gasteiger charge is -2.05. The standard InChI is InChI=1S/C9H10N4OS/c10-9(12-14)7-2-1-4-13(7)6-8-11-3-5-15-8/h1-5,14H,6H2,(H2,10,12). The van der Waals surface area contributed by atoms with Crippen LogP contribution in [0.4, 0.5) is 0 Å². The lowest BCUT2D eigenvalue weighted by Crippen LogP contribution is -2.18. The van der Waals surface area contributed by atoms with Crippen molar-refractivity contribution < 1.29 is 5.21 Å². The summed E-state index contributed by atoms with van der Waals surface area (Å²) in [5.74, 6) is 0.108. The smallest absolute Gasteiger partial charge is 0.186 e. The summed E-state index contributed by atoms with van der Waals surface area (Å²) >= 11 is 1.57. The van der Waals surface area contributed by atoms with Crippen LogP contribution in [0.25, 0.3) is 0 Å². The van der Waals surface area contributed by atoms with Crippen LogP contribution in [0.15, 0.2) is 35.1 Å². The Balaban J connectivity index is 2.26. The van der Waals surface area contributed by atoms with E-state index in [0.717, 1.165) is 5.01 Å². The molecule has 0 unspecified atom stereocenters. The number of amidine groups is 1. The average Bonchev–Trinajstić information content (AvgIpc) is 2.88. The third kappa shape index (κ3) is 1.99. The van der Waals surface area contributed by atoms with E-state index < -0.39 is 0 Å². The van der Waals surface area contributed by atoms with Gasteiger partial charge in [-0.1, -0.05) is 5.16 Å². The number of rotatable bonds is 3. The summed E-state index contributed by atoms with van der Waals surface area (Å²) in [4.78, 5) is 4.17. The lowest BCUT2D eigenvalue weighted by molar-refractivity contribution is 0.318. The molecule has 0 atom stereocenters. The minimum atomic E-state index is 0.108. The fourth-order valence-corrected chi connectivity index (χ4v) is 1.93. The Hall–Kier alpha value is -1.82. The van der Waals surface area contributed by atoms with Crippen LogP contribution in [0, 0.1) is 0 Å². The first-order chi connectivity index (χ1) is 7.31.